The fraction of sp³-hybridized carbons (Fsp3) is 0.538. The van der Waals surface area contributed by atoms with E-state index in [4.69, 9.17) is 15.2 Å². The Morgan fingerprint density at radius 3 is 2.65 bits per heavy atom. The van der Waals surface area contributed by atoms with E-state index in [-0.39, 0.29) is 17.6 Å². The molecule has 0 aromatic heterocycles. The van der Waals surface area contributed by atoms with E-state index in [2.05, 4.69) is 0 Å². The minimum atomic E-state index is -0.368. The van der Waals surface area contributed by atoms with Crippen molar-refractivity contribution in [1.82, 2.24) is 0 Å². The Kier molecular flexibility index (Phi) is 5.38. The Morgan fingerprint density at radius 1 is 1.35 bits per heavy atom. The van der Waals surface area contributed by atoms with Crippen LogP contribution in [0.3, 0.4) is 0 Å². The quantitative estimate of drug-likeness (QED) is 0.832. The molecule has 4 heteroatoms. The summed E-state index contributed by atoms with van der Waals surface area (Å²) >= 11 is 0. The number of hydrogen-bond donors (Lipinski definition) is 1. The van der Waals surface area contributed by atoms with Crippen molar-refractivity contribution in [3.05, 3.63) is 29.6 Å². The molecular formula is C13H20FNO2. The second kappa shape index (κ2) is 6.57. The third-order valence-electron chi connectivity index (χ3n) is 2.72. The van der Waals surface area contributed by atoms with Crippen molar-refractivity contribution in [1.29, 1.82) is 0 Å². The Labute approximate surface area is 102 Å². The van der Waals surface area contributed by atoms with Crippen molar-refractivity contribution in [2.75, 3.05) is 20.8 Å². The molecule has 1 aromatic carbocycles. The van der Waals surface area contributed by atoms with E-state index in [1.54, 1.807) is 25.3 Å². The van der Waals surface area contributed by atoms with E-state index >= 15 is 0 Å². The average molecular weight is 241 g/mol. The Bertz CT molecular complexity index is 357. The van der Waals surface area contributed by atoms with Crippen molar-refractivity contribution >= 4 is 0 Å². The van der Waals surface area contributed by atoms with Crippen LogP contribution in [0.5, 0.6) is 5.75 Å². The lowest BCUT2D eigenvalue weighted by Crippen LogP contribution is -2.18. The summed E-state index contributed by atoms with van der Waals surface area (Å²) in [4.78, 5) is 0. The summed E-state index contributed by atoms with van der Waals surface area (Å²) in [7, 11) is 3.09. The molecule has 1 aromatic rings. The van der Waals surface area contributed by atoms with Gasteiger partial charge in [-0.1, -0.05) is 19.1 Å². The van der Waals surface area contributed by atoms with Crippen LogP contribution in [-0.2, 0) is 4.74 Å². The van der Waals surface area contributed by atoms with Gasteiger partial charge in [-0.15, -0.1) is 0 Å². The van der Waals surface area contributed by atoms with Crippen molar-refractivity contribution < 1.29 is 13.9 Å². The minimum absolute atomic E-state index is 0.234. The molecule has 2 N–H and O–H groups in total. The van der Waals surface area contributed by atoms with Crippen LogP contribution in [-0.4, -0.2) is 20.8 Å². The molecule has 96 valence electrons. The van der Waals surface area contributed by atoms with Crippen LogP contribution >= 0.6 is 0 Å². The highest BCUT2D eigenvalue weighted by molar-refractivity contribution is 5.32. The van der Waals surface area contributed by atoms with Gasteiger partial charge in [-0.2, -0.15) is 0 Å². The third kappa shape index (κ3) is 3.68. The number of benzene rings is 1. The first-order chi connectivity index (χ1) is 8.10. The largest absolute Gasteiger partial charge is 0.494 e. The van der Waals surface area contributed by atoms with Gasteiger partial charge in [0.1, 0.15) is 0 Å². The first-order valence-corrected chi connectivity index (χ1v) is 5.67. The summed E-state index contributed by atoms with van der Waals surface area (Å²) in [6, 6.07) is 4.69. The first-order valence-electron chi connectivity index (χ1n) is 5.67. The van der Waals surface area contributed by atoms with Gasteiger partial charge in [-0.3, -0.25) is 0 Å². The lowest BCUT2D eigenvalue weighted by molar-refractivity contribution is 0.152. The van der Waals surface area contributed by atoms with E-state index in [1.165, 1.54) is 7.11 Å². The van der Waals surface area contributed by atoms with Crippen LogP contribution in [0, 0.1) is 11.7 Å². The van der Waals surface area contributed by atoms with Crippen LogP contribution in [0.15, 0.2) is 18.2 Å². The minimum Gasteiger partial charge on any atom is -0.494 e. The van der Waals surface area contributed by atoms with Gasteiger partial charge in [0.05, 0.1) is 7.11 Å². The second-order valence-corrected chi connectivity index (χ2v) is 4.27. The molecule has 3 nitrogen and oxygen atoms in total. The van der Waals surface area contributed by atoms with Crippen LogP contribution in [0.2, 0.25) is 0 Å². The Morgan fingerprint density at radius 2 is 2.06 bits per heavy atom. The highest BCUT2D eigenvalue weighted by Gasteiger charge is 2.17. The summed E-state index contributed by atoms with van der Waals surface area (Å²) < 4.78 is 23.9. The molecule has 0 bridgehead atoms. The zero-order valence-corrected chi connectivity index (χ0v) is 10.6. The van der Waals surface area contributed by atoms with E-state index in [9.17, 15) is 4.39 Å². The fourth-order valence-corrected chi connectivity index (χ4v) is 1.88. The first kappa shape index (κ1) is 13.9. The summed E-state index contributed by atoms with van der Waals surface area (Å²) in [5.41, 5.74) is 6.49. The summed E-state index contributed by atoms with van der Waals surface area (Å²) in [6.07, 6.45) is 0.678. The number of ether oxygens (including phenoxy) is 2. The lowest BCUT2D eigenvalue weighted by Gasteiger charge is -2.18. The monoisotopic (exact) mass is 241 g/mol. The highest BCUT2D eigenvalue weighted by atomic mass is 19.1. The number of halogens is 1. The molecule has 17 heavy (non-hydrogen) atoms. The lowest BCUT2D eigenvalue weighted by atomic mass is 9.96. The Hall–Kier alpha value is -1.13. The molecule has 0 spiro atoms. The summed E-state index contributed by atoms with van der Waals surface area (Å²) in [6.45, 7) is 2.65. The molecule has 2 atom stereocenters. The Balaban J connectivity index is 2.78. The predicted octanol–water partition coefficient (Wildman–Crippen LogP) is 2.51. The molecule has 0 aliphatic heterocycles. The van der Waals surface area contributed by atoms with E-state index in [0.29, 0.717) is 24.5 Å². The number of rotatable bonds is 6. The molecule has 2 unspecified atom stereocenters. The summed E-state index contributed by atoms with van der Waals surface area (Å²) in [5.74, 6) is 0.157. The van der Waals surface area contributed by atoms with Crippen LogP contribution < -0.4 is 10.5 Å². The molecule has 0 aliphatic carbocycles. The smallest absolute Gasteiger partial charge is 0.169 e. The molecule has 0 saturated heterocycles. The third-order valence-corrected chi connectivity index (χ3v) is 2.72. The van der Waals surface area contributed by atoms with Gasteiger partial charge in [0.2, 0.25) is 0 Å². The molecule has 1 rings (SSSR count). The molecule has 0 radical (unpaired) electrons. The van der Waals surface area contributed by atoms with E-state index in [1.807, 2.05) is 6.92 Å². The van der Waals surface area contributed by atoms with Gasteiger partial charge in [0.15, 0.2) is 11.6 Å². The normalized spacial score (nSPS) is 14.4. The van der Waals surface area contributed by atoms with E-state index in [0.717, 1.165) is 0 Å². The molecule has 0 amide bonds. The zero-order chi connectivity index (χ0) is 12.8. The fourth-order valence-electron chi connectivity index (χ4n) is 1.88. The van der Waals surface area contributed by atoms with Gasteiger partial charge in [-0.05, 0) is 18.4 Å². The van der Waals surface area contributed by atoms with Crippen molar-refractivity contribution in [3.8, 4) is 5.75 Å². The number of nitrogens with two attached hydrogens (primary N) is 1. The molecule has 0 fully saturated rings. The number of methoxy groups -OCH3 is 2. The maximum absolute atomic E-state index is 13.9. The van der Waals surface area contributed by atoms with Crippen molar-refractivity contribution in [2.45, 2.75) is 19.4 Å². The van der Waals surface area contributed by atoms with Gasteiger partial charge >= 0.3 is 0 Å². The van der Waals surface area contributed by atoms with Gasteiger partial charge in [-0.25, -0.2) is 4.39 Å². The predicted molar refractivity (Wildman–Crippen MR) is 65.5 cm³/mol. The number of hydrogen-bond acceptors (Lipinski definition) is 3. The van der Waals surface area contributed by atoms with E-state index < -0.39 is 0 Å². The van der Waals surface area contributed by atoms with Gasteiger partial charge < -0.3 is 15.2 Å². The topological polar surface area (TPSA) is 44.5 Å². The zero-order valence-electron chi connectivity index (χ0n) is 10.6. The molecule has 0 saturated carbocycles. The molecule has 0 heterocycles. The SMILES string of the molecule is COCC(C)CC(N)c1cccc(OC)c1F. The maximum Gasteiger partial charge on any atom is 0.169 e. The molecular weight excluding hydrogens is 221 g/mol. The van der Waals surface area contributed by atoms with Crippen LogP contribution in [0.25, 0.3) is 0 Å². The van der Waals surface area contributed by atoms with Crippen LogP contribution in [0.1, 0.15) is 24.9 Å². The average Bonchev–Trinajstić information content (AvgIpc) is 2.29. The second-order valence-electron chi connectivity index (χ2n) is 4.27. The summed E-state index contributed by atoms with van der Waals surface area (Å²) in [5, 5.41) is 0. The van der Waals surface area contributed by atoms with Gasteiger partial charge in [0, 0.05) is 25.3 Å². The standard InChI is InChI=1S/C13H20FNO2/c1-9(8-16-2)7-11(15)10-5-4-6-12(17-3)13(10)14/h4-6,9,11H,7-8,15H2,1-3H3. The van der Waals surface area contributed by atoms with Crippen molar-refractivity contribution in [3.63, 3.8) is 0 Å². The molecule has 0 aliphatic rings. The highest BCUT2D eigenvalue weighted by Crippen LogP contribution is 2.27. The van der Waals surface area contributed by atoms with Crippen molar-refractivity contribution in [2.24, 2.45) is 11.7 Å². The van der Waals surface area contributed by atoms with Crippen LogP contribution in [0.4, 0.5) is 4.39 Å². The maximum atomic E-state index is 13.9. The van der Waals surface area contributed by atoms with Gasteiger partial charge in [0.25, 0.3) is 0 Å².